The summed E-state index contributed by atoms with van der Waals surface area (Å²) in [6.07, 6.45) is 0. The van der Waals surface area contributed by atoms with Crippen molar-refractivity contribution in [2.45, 2.75) is 11.4 Å². The highest BCUT2D eigenvalue weighted by molar-refractivity contribution is 7.93. The number of hydrogen-bond acceptors (Lipinski definition) is 6. The first-order chi connectivity index (χ1) is 9.03. The van der Waals surface area contributed by atoms with Crippen LogP contribution < -0.4 is 10.0 Å². The van der Waals surface area contributed by atoms with Crippen molar-refractivity contribution in [1.82, 2.24) is 15.5 Å². The molecule has 0 aliphatic heterocycles. The summed E-state index contributed by atoms with van der Waals surface area (Å²) in [7, 11) is -1.91. The molecule has 2 N–H and O–H groups in total. The topological polar surface area (TPSA) is 84.0 Å². The third kappa shape index (κ3) is 3.41. The summed E-state index contributed by atoms with van der Waals surface area (Å²) in [5, 5.41) is 10.9. The van der Waals surface area contributed by atoms with Crippen LogP contribution in [0.4, 0.5) is 5.13 Å². The zero-order valence-corrected chi connectivity index (χ0v) is 12.3. The number of halogens is 1. The van der Waals surface area contributed by atoms with Crippen LogP contribution in [0, 0.1) is 0 Å². The fourth-order valence-electron chi connectivity index (χ4n) is 1.44. The van der Waals surface area contributed by atoms with E-state index in [9.17, 15) is 8.42 Å². The Kier molecular flexibility index (Phi) is 4.35. The van der Waals surface area contributed by atoms with Crippen molar-refractivity contribution in [1.29, 1.82) is 0 Å². The zero-order valence-electron chi connectivity index (χ0n) is 9.92. The van der Waals surface area contributed by atoms with E-state index in [4.69, 9.17) is 11.6 Å². The Hall–Kier alpha value is -1.22. The number of aromatic nitrogens is 2. The van der Waals surface area contributed by atoms with Crippen molar-refractivity contribution in [3.63, 3.8) is 0 Å². The van der Waals surface area contributed by atoms with Crippen molar-refractivity contribution in [3.8, 4) is 0 Å². The molecule has 0 spiro atoms. The van der Waals surface area contributed by atoms with E-state index in [0.29, 0.717) is 17.1 Å². The quantitative estimate of drug-likeness (QED) is 0.877. The number of benzene rings is 1. The summed E-state index contributed by atoms with van der Waals surface area (Å²) in [6, 6.07) is 4.54. The third-order valence-corrected chi connectivity index (χ3v) is 4.72. The van der Waals surface area contributed by atoms with Gasteiger partial charge in [0.15, 0.2) is 0 Å². The second-order valence-corrected chi connectivity index (χ2v) is 6.56. The van der Waals surface area contributed by atoms with Gasteiger partial charge in [0.1, 0.15) is 5.51 Å². The zero-order chi connectivity index (χ0) is 13.9. The maximum atomic E-state index is 12.1. The molecular weight excluding hydrogens is 308 g/mol. The van der Waals surface area contributed by atoms with Gasteiger partial charge in [-0.1, -0.05) is 22.9 Å². The molecule has 2 aromatic rings. The van der Waals surface area contributed by atoms with Crippen molar-refractivity contribution < 1.29 is 8.42 Å². The standard InChI is InChI=1S/C10H11ClN4O2S2/c1-12-5-7-4-8(2-3-9(7)11)19(16,17)15-10-14-13-6-18-10/h2-4,6,12H,5H2,1H3,(H,14,15). The fourth-order valence-corrected chi connectivity index (χ4v) is 3.36. The molecule has 1 aromatic carbocycles. The van der Waals surface area contributed by atoms with E-state index in [2.05, 4.69) is 20.2 Å². The number of nitrogens with zero attached hydrogens (tertiary/aromatic N) is 2. The van der Waals surface area contributed by atoms with Gasteiger partial charge >= 0.3 is 0 Å². The summed E-state index contributed by atoms with van der Waals surface area (Å²) in [5.41, 5.74) is 2.16. The Morgan fingerprint density at radius 2 is 2.21 bits per heavy atom. The molecule has 0 saturated heterocycles. The molecule has 2 rings (SSSR count). The van der Waals surface area contributed by atoms with Crippen LogP contribution >= 0.6 is 22.9 Å². The lowest BCUT2D eigenvalue weighted by Gasteiger charge is -2.08. The first-order valence-electron chi connectivity index (χ1n) is 5.25. The van der Waals surface area contributed by atoms with E-state index >= 15 is 0 Å². The largest absolute Gasteiger partial charge is 0.316 e. The van der Waals surface area contributed by atoms with Crippen molar-refractivity contribution in [2.75, 3.05) is 11.8 Å². The SMILES string of the molecule is CNCc1cc(S(=O)(=O)Nc2nncs2)ccc1Cl. The summed E-state index contributed by atoms with van der Waals surface area (Å²) in [4.78, 5) is 0.136. The van der Waals surface area contributed by atoms with E-state index in [-0.39, 0.29) is 10.0 Å². The van der Waals surface area contributed by atoms with Gasteiger partial charge in [0, 0.05) is 11.6 Å². The Bertz CT molecular complexity index is 658. The van der Waals surface area contributed by atoms with Crippen LogP contribution in [0.5, 0.6) is 0 Å². The predicted octanol–water partition coefficient (Wildman–Crippen LogP) is 1.71. The van der Waals surface area contributed by atoms with Crippen LogP contribution in [-0.4, -0.2) is 25.7 Å². The molecule has 0 amide bonds. The summed E-state index contributed by atoms with van der Waals surface area (Å²) >= 11 is 7.10. The van der Waals surface area contributed by atoms with Crippen LogP contribution in [0.25, 0.3) is 0 Å². The molecular formula is C10H11ClN4O2S2. The van der Waals surface area contributed by atoms with Crippen LogP contribution in [0.1, 0.15) is 5.56 Å². The van der Waals surface area contributed by atoms with E-state index in [0.717, 1.165) is 11.3 Å². The molecule has 6 nitrogen and oxygen atoms in total. The normalized spacial score (nSPS) is 11.5. The molecule has 9 heteroatoms. The molecule has 0 bridgehead atoms. The summed E-state index contributed by atoms with van der Waals surface area (Å²) in [6.45, 7) is 0.487. The molecule has 0 radical (unpaired) electrons. The lowest BCUT2D eigenvalue weighted by Crippen LogP contribution is -2.14. The smallest absolute Gasteiger partial charge is 0.263 e. The van der Waals surface area contributed by atoms with Gasteiger partial charge in [-0.25, -0.2) is 8.42 Å². The van der Waals surface area contributed by atoms with E-state index in [1.165, 1.54) is 17.6 Å². The molecule has 19 heavy (non-hydrogen) atoms. The van der Waals surface area contributed by atoms with Crippen molar-refractivity contribution in [2.24, 2.45) is 0 Å². The first kappa shape index (κ1) is 14.2. The van der Waals surface area contributed by atoms with Gasteiger partial charge in [-0.3, -0.25) is 4.72 Å². The molecule has 0 aliphatic carbocycles. The minimum absolute atomic E-state index is 0.136. The second kappa shape index (κ2) is 5.83. The van der Waals surface area contributed by atoms with Crippen LogP contribution in [0.2, 0.25) is 5.02 Å². The molecule has 1 aromatic heterocycles. The van der Waals surface area contributed by atoms with Gasteiger partial charge in [-0.05, 0) is 30.8 Å². The minimum Gasteiger partial charge on any atom is -0.316 e. The Morgan fingerprint density at radius 1 is 1.42 bits per heavy atom. The number of hydrogen-bond donors (Lipinski definition) is 2. The number of rotatable bonds is 5. The molecule has 1 heterocycles. The monoisotopic (exact) mass is 318 g/mol. The molecule has 0 atom stereocenters. The van der Waals surface area contributed by atoms with Crippen LogP contribution in [0.15, 0.2) is 28.6 Å². The predicted molar refractivity (Wildman–Crippen MR) is 74.9 cm³/mol. The van der Waals surface area contributed by atoms with Gasteiger partial charge in [-0.15, -0.1) is 10.2 Å². The molecule has 0 saturated carbocycles. The Labute approximate surface area is 119 Å². The second-order valence-electron chi connectivity index (χ2n) is 3.63. The molecule has 0 unspecified atom stereocenters. The highest BCUT2D eigenvalue weighted by Crippen LogP contribution is 2.22. The minimum atomic E-state index is -3.67. The van der Waals surface area contributed by atoms with Gasteiger partial charge in [0.05, 0.1) is 4.90 Å². The molecule has 0 fully saturated rings. The highest BCUT2D eigenvalue weighted by Gasteiger charge is 2.17. The lowest BCUT2D eigenvalue weighted by atomic mass is 10.2. The maximum absolute atomic E-state index is 12.1. The molecule has 0 aliphatic rings. The number of sulfonamides is 1. The van der Waals surface area contributed by atoms with E-state index in [1.54, 1.807) is 13.1 Å². The Balaban J connectivity index is 2.32. The number of anilines is 1. The van der Waals surface area contributed by atoms with Gasteiger partial charge < -0.3 is 5.32 Å². The van der Waals surface area contributed by atoms with E-state index < -0.39 is 10.0 Å². The average molecular weight is 319 g/mol. The lowest BCUT2D eigenvalue weighted by molar-refractivity contribution is 0.601. The van der Waals surface area contributed by atoms with E-state index in [1.807, 2.05) is 0 Å². The van der Waals surface area contributed by atoms with Crippen molar-refractivity contribution in [3.05, 3.63) is 34.3 Å². The first-order valence-corrected chi connectivity index (χ1v) is 7.99. The fraction of sp³-hybridized carbons (Fsp3) is 0.200. The van der Waals surface area contributed by atoms with Crippen LogP contribution in [-0.2, 0) is 16.6 Å². The number of nitrogens with one attached hydrogen (secondary N) is 2. The van der Waals surface area contributed by atoms with Gasteiger partial charge in [0.25, 0.3) is 10.0 Å². The van der Waals surface area contributed by atoms with Crippen LogP contribution in [0.3, 0.4) is 0 Å². The Morgan fingerprint density at radius 3 is 2.84 bits per heavy atom. The third-order valence-electron chi connectivity index (χ3n) is 2.28. The summed E-state index contributed by atoms with van der Waals surface area (Å²) < 4.78 is 26.6. The highest BCUT2D eigenvalue weighted by atomic mass is 35.5. The maximum Gasteiger partial charge on any atom is 0.263 e. The van der Waals surface area contributed by atoms with Gasteiger partial charge in [0.2, 0.25) is 5.13 Å². The van der Waals surface area contributed by atoms with Crippen molar-refractivity contribution >= 4 is 38.1 Å². The summed E-state index contributed by atoms with van der Waals surface area (Å²) in [5.74, 6) is 0. The molecule has 102 valence electrons. The average Bonchev–Trinajstić information content (AvgIpc) is 2.84. The van der Waals surface area contributed by atoms with Gasteiger partial charge in [-0.2, -0.15) is 0 Å².